The van der Waals surface area contributed by atoms with Crippen molar-refractivity contribution in [2.24, 2.45) is 0 Å². The molecule has 25 heavy (non-hydrogen) atoms. The number of anilines is 1. The summed E-state index contributed by atoms with van der Waals surface area (Å²) in [5.74, 6) is -4.01. The predicted molar refractivity (Wildman–Crippen MR) is 88.2 cm³/mol. The van der Waals surface area contributed by atoms with Crippen molar-refractivity contribution in [2.75, 3.05) is 5.32 Å². The van der Waals surface area contributed by atoms with Crippen molar-refractivity contribution >= 4 is 17.6 Å². The number of amides is 1. The zero-order chi connectivity index (χ0) is 18.9. The van der Waals surface area contributed by atoms with Gasteiger partial charge in [0, 0.05) is 11.6 Å². The lowest BCUT2D eigenvalue weighted by Crippen LogP contribution is -2.13. The van der Waals surface area contributed by atoms with Crippen molar-refractivity contribution in [3.05, 3.63) is 52.5 Å². The van der Waals surface area contributed by atoms with Gasteiger partial charge >= 0.3 is 5.97 Å². The van der Waals surface area contributed by atoms with Crippen LogP contribution >= 0.6 is 0 Å². The summed E-state index contributed by atoms with van der Waals surface area (Å²) < 4.78 is 33.0. The Morgan fingerprint density at radius 1 is 1.04 bits per heavy atom. The highest BCUT2D eigenvalue weighted by Crippen LogP contribution is 2.30. The van der Waals surface area contributed by atoms with Crippen molar-refractivity contribution in [2.45, 2.75) is 39.5 Å². The first-order valence-electron chi connectivity index (χ1n) is 7.79. The third-order valence-electron chi connectivity index (χ3n) is 3.68. The number of rotatable bonds is 5. The molecule has 1 aromatic carbocycles. The van der Waals surface area contributed by atoms with E-state index in [0.717, 1.165) is 17.7 Å². The van der Waals surface area contributed by atoms with Crippen LogP contribution in [0, 0.1) is 11.6 Å². The van der Waals surface area contributed by atoms with Gasteiger partial charge in [0.15, 0.2) is 5.76 Å². The van der Waals surface area contributed by atoms with Gasteiger partial charge in [-0.25, -0.2) is 13.6 Å². The number of nitrogens with one attached hydrogen (secondary N) is 1. The van der Waals surface area contributed by atoms with E-state index in [9.17, 15) is 18.4 Å². The van der Waals surface area contributed by atoms with Crippen LogP contribution in [-0.4, -0.2) is 17.0 Å². The maximum absolute atomic E-state index is 13.7. The topological polar surface area (TPSA) is 79.5 Å². The van der Waals surface area contributed by atoms with Gasteiger partial charge in [-0.15, -0.1) is 0 Å². The smallest absolute Gasteiger partial charge is 0.341 e. The molecule has 0 atom stereocenters. The van der Waals surface area contributed by atoms with E-state index in [0.29, 0.717) is 5.76 Å². The molecule has 1 heterocycles. The molecule has 1 aromatic heterocycles. The predicted octanol–water partition coefficient (Wildman–Crippen LogP) is 4.76. The van der Waals surface area contributed by atoms with Crippen LogP contribution in [0.2, 0.25) is 0 Å². The van der Waals surface area contributed by atoms with Crippen molar-refractivity contribution in [3.8, 4) is 0 Å². The maximum atomic E-state index is 13.7. The number of benzene rings is 1. The van der Waals surface area contributed by atoms with Gasteiger partial charge < -0.3 is 14.8 Å². The number of carboxylic acid groups (broad SMARTS) is 1. The van der Waals surface area contributed by atoms with E-state index in [4.69, 9.17) is 9.52 Å². The Bertz CT molecular complexity index is 776. The fraction of sp³-hybridized carbons (Fsp3) is 0.333. The van der Waals surface area contributed by atoms with E-state index in [2.05, 4.69) is 5.32 Å². The van der Waals surface area contributed by atoms with Crippen molar-refractivity contribution in [1.82, 2.24) is 0 Å². The molecular formula is C18H19F2NO4. The molecule has 0 spiro atoms. The summed E-state index contributed by atoms with van der Waals surface area (Å²) >= 11 is 0. The van der Waals surface area contributed by atoms with Crippen molar-refractivity contribution in [1.29, 1.82) is 0 Å². The van der Waals surface area contributed by atoms with Gasteiger partial charge in [-0.1, -0.05) is 27.7 Å². The second kappa shape index (κ2) is 7.04. The molecule has 0 radical (unpaired) electrons. The van der Waals surface area contributed by atoms with Crippen molar-refractivity contribution < 1.29 is 27.9 Å². The normalized spacial score (nSPS) is 11.2. The first kappa shape index (κ1) is 18.6. The molecule has 5 nitrogen and oxygen atoms in total. The zero-order valence-corrected chi connectivity index (χ0v) is 14.3. The first-order valence-corrected chi connectivity index (χ1v) is 7.79. The van der Waals surface area contributed by atoms with Gasteiger partial charge in [0.05, 0.1) is 0 Å². The molecule has 0 fully saturated rings. The summed E-state index contributed by atoms with van der Waals surface area (Å²) in [5.41, 5.74) is -0.377. The molecule has 1 amide bonds. The summed E-state index contributed by atoms with van der Waals surface area (Å²) in [6.45, 7) is 7.80. The van der Waals surface area contributed by atoms with Crippen LogP contribution < -0.4 is 5.32 Å². The third kappa shape index (κ3) is 3.87. The lowest BCUT2D eigenvalue weighted by molar-refractivity contribution is 0.0686. The van der Waals surface area contributed by atoms with Gasteiger partial charge in [0.2, 0.25) is 0 Å². The molecule has 7 heteroatoms. The average Bonchev–Trinajstić information content (AvgIpc) is 2.91. The number of carbonyl (C=O) groups is 2. The van der Waals surface area contributed by atoms with Crippen LogP contribution in [0.4, 0.5) is 14.5 Å². The van der Waals surface area contributed by atoms with Gasteiger partial charge in [-0.2, -0.15) is 0 Å². The van der Waals surface area contributed by atoms with Gasteiger partial charge in [0.1, 0.15) is 23.0 Å². The van der Waals surface area contributed by atoms with E-state index in [1.807, 2.05) is 27.7 Å². The second-order valence-electron chi connectivity index (χ2n) is 6.31. The molecule has 0 aliphatic carbocycles. The molecular weight excluding hydrogens is 332 g/mol. The molecule has 2 N–H and O–H groups in total. The van der Waals surface area contributed by atoms with Crippen molar-refractivity contribution in [3.63, 3.8) is 0 Å². The molecule has 0 bridgehead atoms. The van der Waals surface area contributed by atoms with Crippen LogP contribution in [0.5, 0.6) is 0 Å². The second-order valence-corrected chi connectivity index (χ2v) is 6.31. The maximum Gasteiger partial charge on any atom is 0.341 e. The molecule has 0 saturated heterocycles. The minimum Gasteiger partial charge on any atom is -0.477 e. The Kier molecular flexibility index (Phi) is 5.25. The molecule has 0 aliphatic heterocycles. The fourth-order valence-corrected chi connectivity index (χ4v) is 2.48. The van der Waals surface area contributed by atoms with Crippen LogP contribution in [0.15, 0.2) is 22.6 Å². The van der Waals surface area contributed by atoms with Gasteiger partial charge in [-0.05, 0) is 29.7 Å². The summed E-state index contributed by atoms with van der Waals surface area (Å²) in [5, 5.41) is 11.1. The minimum absolute atomic E-state index is 0.0236. The number of aromatic carboxylic acids is 1. The SMILES string of the molecule is CC(C)c1cc(C(=O)Nc2cc(F)c(C(=O)O)c(F)c2)oc1C(C)C. The standard InChI is InChI=1S/C18H19F2NO4/c1-8(2)11-7-14(25-16(11)9(3)4)17(22)21-10-5-12(19)15(18(23)24)13(20)6-10/h5-9H,1-4H3,(H,21,22)(H,23,24). The van der Waals surface area contributed by atoms with Crippen LogP contribution in [-0.2, 0) is 0 Å². The lowest BCUT2D eigenvalue weighted by atomic mass is 9.98. The van der Waals surface area contributed by atoms with Gasteiger partial charge in [0.25, 0.3) is 5.91 Å². The van der Waals surface area contributed by atoms with E-state index >= 15 is 0 Å². The highest BCUT2D eigenvalue weighted by Gasteiger charge is 2.22. The third-order valence-corrected chi connectivity index (χ3v) is 3.68. The highest BCUT2D eigenvalue weighted by atomic mass is 19.1. The number of furan rings is 1. The molecule has 0 saturated carbocycles. The summed E-state index contributed by atoms with van der Waals surface area (Å²) in [7, 11) is 0. The first-order chi connectivity index (χ1) is 11.6. The number of carbonyl (C=O) groups excluding carboxylic acids is 1. The van der Waals surface area contributed by atoms with Crippen LogP contribution in [0.3, 0.4) is 0 Å². The van der Waals surface area contributed by atoms with E-state index < -0.39 is 29.1 Å². The number of carboxylic acids is 1. The van der Waals surface area contributed by atoms with Crippen LogP contribution in [0.1, 0.15) is 71.8 Å². The van der Waals surface area contributed by atoms with E-state index in [1.54, 1.807) is 6.07 Å². The highest BCUT2D eigenvalue weighted by molar-refractivity contribution is 6.02. The molecule has 2 aromatic rings. The molecule has 0 aliphatic rings. The lowest BCUT2D eigenvalue weighted by Gasteiger charge is -2.07. The number of hydrogen-bond donors (Lipinski definition) is 2. The van der Waals surface area contributed by atoms with Crippen LogP contribution in [0.25, 0.3) is 0 Å². The number of hydrogen-bond acceptors (Lipinski definition) is 3. The summed E-state index contributed by atoms with van der Waals surface area (Å²) in [6, 6.07) is 3.11. The Morgan fingerprint density at radius 3 is 2.00 bits per heavy atom. The Balaban J connectivity index is 2.32. The summed E-state index contributed by atoms with van der Waals surface area (Å²) in [4.78, 5) is 23.1. The minimum atomic E-state index is -1.72. The molecule has 134 valence electrons. The Morgan fingerprint density at radius 2 is 1.60 bits per heavy atom. The quantitative estimate of drug-likeness (QED) is 0.814. The van der Waals surface area contributed by atoms with E-state index in [1.165, 1.54) is 0 Å². The van der Waals surface area contributed by atoms with E-state index in [-0.39, 0.29) is 23.3 Å². The average molecular weight is 351 g/mol. The fourth-order valence-electron chi connectivity index (χ4n) is 2.48. The number of halogens is 2. The molecule has 0 unspecified atom stereocenters. The Hall–Kier alpha value is -2.70. The monoisotopic (exact) mass is 351 g/mol. The summed E-state index contributed by atoms with van der Waals surface area (Å²) in [6.07, 6.45) is 0. The largest absolute Gasteiger partial charge is 0.477 e. The van der Waals surface area contributed by atoms with Gasteiger partial charge in [-0.3, -0.25) is 4.79 Å². The molecule has 2 rings (SSSR count). The Labute approximate surface area is 143 Å². The zero-order valence-electron chi connectivity index (χ0n) is 14.3.